The smallest absolute Gasteiger partial charge is 0.319 e. The van der Waals surface area contributed by atoms with Crippen molar-refractivity contribution in [2.24, 2.45) is 0 Å². The highest BCUT2D eigenvalue weighted by Gasteiger charge is 2.32. The Labute approximate surface area is 216 Å². The Morgan fingerprint density at radius 2 is 1.81 bits per heavy atom. The summed E-state index contributed by atoms with van der Waals surface area (Å²) in [5, 5.41) is 10.1. The maximum absolute atomic E-state index is 10.1. The molecule has 2 aromatic carbocycles. The largest absolute Gasteiger partial charge is 0.508 e. The quantitative estimate of drug-likeness (QED) is 0.488. The lowest BCUT2D eigenvalue weighted by atomic mass is 9.87. The summed E-state index contributed by atoms with van der Waals surface area (Å²) >= 11 is 0. The minimum Gasteiger partial charge on any atom is -0.508 e. The van der Waals surface area contributed by atoms with Crippen LogP contribution in [-0.4, -0.2) is 73.6 Å². The van der Waals surface area contributed by atoms with Crippen molar-refractivity contribution in [3.63, 3.8) is 0 Å². The number of hydrogen-bond donors (Lipinski definition) is 1. The van der Waals surface area contributed by atoms with E-state index in [0.29, 0.717) is 23.8 Å². The van der Waals surface area contributed by atoms with Crippen LogP contribution in [0.25, 0.3) is 11.1 Å². The van der Waals surface area contributed by atoms with Gasteiger partial charge >= 0.3 is 6.01 Å². The summed E-state index contributed by atoms with van der Waals surface area (Å²) in [6, 6.07) is 13.2. The number of rotatable bonds is 8. The van der Waals surface area contributed by atoms with Crippen LogP contribution in [0, 0.1) is 0 Å². The number of phenolic OH excluding ortho intramolecular Hbond substituents is 1. The predicted octanol–water partition coefficient (Wildman–Crippen LogP) is 3.97. The van der Waals surface area contributed by atoms with Crippen molar-refractivity contribution in [1.82, 2.24) is 14.9 Å². The van der Waals surface area contributed by atoms with Crippen LogP contribution in [0.15, 0.2) is 48.7 Å². The van der Waals surface area contributed by atoms with Gasteiger partial charge in [0.25, 0.3) is 0 Å². The number of ether oxygens (including phenoxy) is 5. The number of allylic oxidation sites excluding steroid dienone is 1. The van der Waals surface area contributed by atoms with Crippen molar-refractivity contribution in [2.45, 2.75) is 13.0 Å². The fourth-order valence-corrected chi connectivity index (χ4v) is 4.67. The molecule has 1 N–H and O–H groups in total. The van der Waals surface area contributed by atoms with Gasteiger partial charge in [0.2, 0.25) is 5.88 Å². The number of fused-ring (bicyclic) bond motifs is 1. The molecule has 2 aliphatic heterocycles. The summed E-state index contributed by atoms with van der Waals surface area (Å²) in [6.07, 6.45) is 1.21. The maximum atomic E-state index is 10.1. The molecule has 9 nitrogen and oxygen atoms in total. The van der Waals surface area contributed by atoms with Gasteiger partial charge in [-0.05, 0) is 42.3 Å². The fourth-order valence-electron chi connectivity index (χ4n) is 4.67. The molecule has 9 heteroatoms. The average Bonchev–Trinajstić information content (AvgIpc) is 2.93. The van der Waals surface area contributed by atoms with Crippen molar-refractivity contribution in [2.75, 3.05) is 53.7 Å². The van der Waals surface area contributed by atoms with Crippen LogP contribution in [0.2, 0.25) is 0 Å². The number of nitrogens with zero attached hydrogens (tertiary/aromatic N) is 3. The fraction of sp³-hybridized carbons (Fsp3) is 0.357. The molecule has 0 bridgehead atoms. The summed E-state index contributed by atoms with van der Waals surface area (Å²) in [4.78, 5) is 11.0. The van der Waals surface area contributed by atoms with E-state index in [-0.39, 0.29) is 11.8 Å². The highest BCUT2D eigenvalue weighted by atomic mass is 16.5. The Kier molecular flexibility index (Phi) is 7.43. The van der Waals surface area contributed by atoms with E-state index in [9.17, 15) is 5.11 Å². The maximum Gasteiger partial charge on any atom is 0.319 e. The Hall–Kier alpha value is -3.82. The molecule has 1 aromatic heterocycles. The Morgan fingerprint density at radius 1 is 1.03 bits per heavy atom. The number of benzene rings is 2. The van der Waals surface area contributed by atoms with E-state index in [4.69, 9.17) is 23.7 Å². The van der Waals surface area contributed by atoms with Crippen LogP contribution >= 0.6 is 0 Å². The van der Waals surface area contributed by atoms with Crippen molar-refractivity contribution in [3.05, 3.63) is 65.4 Å². The zero-order valence-electron chi connectivity index (χ0n) is 21.3. The highest BCUT2D eigenvalue weighted by molar-refractivity contribution is 5.96. The Bertz CT molecular complexity index is 1270. The lowest BCUT2D eigenvalue weighted by Gasteiger charge is -2.31. The summed E-state index contributed by atoms with van der Waals surface area (Å²) in [7, 11) is 3.08. The number of morpholine rings is 1. The van der Waals surface area contributed by atoms with E-state index in [2.05, 4.69) is 14.9 Å². The van der Waals surface area contributed by atoms with Crippen LogP contribution < -0.4 is 18.9 Å². The topological polar surface area (TPSA) is 95.4 Å². The molecule has 1 unspecified atom stereocenters. The number of methoxy groups -OCH3 is 2. The minimum atomic E-state index is -0.484. The van der Waals surface area contributed by atoms with Crippen LogP contribution in [0.4, 0.5) is 0 Å². The van der Waals surface area contributed by atoms with Crippen molar-refractivity contribution >= 4 is 11.1 Å². The number of aromatic nitrogens is 2. The van der Waals surface area contributed by atoms with E-state index >= 15 is 0 Å². The van der Waals surface area contributed by atoms with Gasteiger partial charge in [0.05, 0.1) is 33.0 Å². The molecule has 0 spiro atoms. The van der Waals surface area contributed by atoms with Gasteiger partial charge in [-0.15, -0.1) is 0 Å². The summed E-state index contributed by atoms with van der Waals surface area (Å²) in [5.41, 5.74) is 4.35. The third-order valence-corrected chi connectivity index (χ3v) is 6.64. The Morgan fingerprint density at radius 3 is 2.54 bits per heavy atom. The summed E-state index contributed by atoms with van der Waals surface area (Å²) in [6.45, 7) is 6.91. The molecule has 0 aliphatic carbocycles. The zero-order chi connectivity index (χ0) is 25.8. The molecular formula is C28H31N3O6. The molecule has 1 saturated heterocycles. The van der Waals surface area contributed by atoms with Gasteiger partial charge in [0, 0.05) is 43.0 Å². The van der Waals surface area contributed by atoms with Gasteiger partial charge in [0.15, 0.2) is 0 Å². The van der Waals surface area contributed by atoms with Crippen LogP contribution in [0.3, 0.4) is 0 Å². The molecule has 1 fully saturated rings. The highest BCUT2D eigenvalue weighted by Crippen LogP contribution is 2.49. The van der Waals surface area contributed by atoms with Crippen LogP contribution in [0.5, 0.6) is 29.1 Å². The van der Waals surface area contributed by atoms with E-state index in [1.807, 2.05) is 37.3 Å². The Balaban J connectivity index is 1.45. The minimum absolute atomic E-state index is 0.142. The molecule has 2 aliphatic rings. The zero-order valence-corrected chi connectivity index (χ0v) is 21.3. The van der Waals surface area contributed by atoms with Gasteiger partial charge in [-0.3, -0.25) is 4.90 Å². The lowest BCUT2D eigenvalue weighted by Crippen LogP contribution is -2.38. The number of hydrogen-bond acceptors (Lipinski definition) is 9. The van der Waals surface area contributed by atoms with Gasteiger partial charge in [-0.2, -0.15) is 4.98 Å². The second kappa shape index (κ2) is 11.1. The SMILES string of the molecule is COc1ncc(C2=C(C)c3ccc(O)cc3OC2c2ccc(OCCN3CCOCC3)cc2)c(OC)n1. The van der Waals surface area contributed by atoms with Gasteiger partial charge in [0.1, 0.15) is 30.0 Å². The molecule has 1 atom stereocenters. The summed E-state index contributed by atoms with van der Waals surface area (Å²) < 4.78 is 28.7. The molecule has 194 valence electrons. The van der Waals surface area contributed by atoms with Crippen LogP contribution in [0.1, 0.15) is 29.7 Å². The molecule has 5 rings (SSSR count). The van der Waals surface area contributed by atoms with Crippen molar-refractivity contribution in [1.29, 1.82) is 0 Å². The lowest BCUT2D eigenvalue weighted by molar-refractivity contribution is 0.0322. The second-order valence-corrected chi connectivity index (χ2v) is 8.87. The standard InChI is InChI=1S/C28H31N3O6/c1-18-22-9-6-20(32)16-24(22)37-26(25(18)23-17-29-28(34-3)30-27(23)33-2)19-4-7-21(8-5-19)36-15-12-31-10-13-35-14-11-31/h4-9,16-17,26,32H,10-15H2,1-3H3. The van der Waals surface area contributed by atoms with Gasteiger partial charge in [-0.25, -0.2) is 4.98 Å². The predicted molar refractivity (Wildman–Crippen MR) is 138 cm³/mol. The van der Waals surface area contributed by atoms with Crippen molar-refractivity contribution < 1.29 is 28.8 Å². The van der Waals surface area contributed by atoms with E-state index in [1.54, 1.807) is 25.4 Å². The first-order valence-corrected chi connectivity index (χ1v) is 12.3. The molecule has 0 radical (unpaired) electrons. The monoisotopic (exact) mass is 505 g/mol. The van der Waals surface area contributed by atoms with E-state index in [1.165, 1.54) is 7.11 Å². The van der Waals surface area contributed by atoms with E-state index in [0.717, 1.165) is 60.9 Å². The molecular weight excluding hydrogens is 474 g/mol. The summed E-state index contributed by atoms with van der Waals surface area (Å²) in [5.74, 6) is 1.92. The second-order valence-electron chi connectivity index (χ2n) is 8.87. The normalized spacial score (nSPS) is 17.6. The first kappa shape index (κ1) is 24.9. The third-order valence-electron chi connectivity index (χ3n) is 6.64. The van der Waals surface area contributed by atoms with E-state index < -0.39 is 6.10 Å². The molecule has 0 saturated carbocycles. The molecule has 3 heterocycles. The van der Waals surface area contributed by atoms with Crippen molar-refractivity contribution in [3.8, 4) is 29.1 Å². The number of phenols is 1. The van der Waals surface area contributed by atoms with Gasteiger partial charge in [-0.1, -0.05) is 12.1 Å². The van der Waals surface area contributed by atoms with Gasteiger partial charge < -0.3 is 28.8 Å². The third kappa shape index (κ3) is 5.33. The number of aromatic hydroxyl groups is 1. The molecule has 0 amide bonds. The first-order valence-electron chi connectivity index (χ1n) is 12.3. The first-order chi connectivity index (χ1) is 18.1. The van der Waals surface area contributed by atoms with Crippen LogP contribution in [-0.2, 0) is 4.74 Å². The molecule has 3 aromatic rings. The molecule has 37 heavy (non-hydrogen) atoms. The average molecular weight is 506 g/mol.